The molecule has 0 aliphatic rings. The van der Waals surface area contributed by atoms with Gasteiger partial charge in [0.15, 0.2) is 0 Å². The van der Waals surface area contributed by atoms with E-state index in [1.807, 2.05) is 75.4 Å². The van der Waals surface area contributed by atoms with Crippen molar-refractivity contribution in [2.45, 2.75) is 27.4 Å². The van der Waals surface area contributed by atoms with Crippen LogP contribution in [-0.4, -0.2) is 22.4 Å². The molecule has 0 saturated carbocycles. The normalized spacial score (nSPS) is 10.6. The van der Waals surface area contributed by atoms with E-state index >= 15 is 0 Å². The van der Waals surface area contributed by atoms with Crippen LogP contribution in [0.25, 0.3) is 0 Å². The van der Waals surface area contributed by atoms with Crippen molar-refractivity contribution in [3.63, 3.8) is 0 Å². The average Bonchev–Trinajstić information content (AvgIpc) is 2.72. The zero-order chi connectivity index (χ0) is 20.6. The molecule has 0 bridgehead atoms. The van der Waals surface area contributed by atoms with Gasteiger partial charge < -0.3 is 15.4 Å². The lowest BCUT2D eigenvalue weighted by atomic mass is 10.2. The van der Waals surface area contributed by atoms with Crippen molar-refractivity contribution >= 4 is 17.5 Å². The van der Waals surface area contributed by atoms with E-state index in [4.69, 9.17) is 4.74 Å². The monoisotopic (exact) mass is 390 g/mol. The van der Waals surface area contributed by atoms with Gasteiger partial charge in [0.1, 0.15) is 18.1 Å². The van der Waals surface area contributed by atoms with Crippen molar-refractivity contribution in [2.75, 3.05) is 11.9 Å². The summed E-state index contributed by atoms with van der Waals surface area (Å²) in [5.41, 5.74) is 3.01. The Kier molecular flexibility index (Phi) is 6.79. The fraction of sp³-hybridized carbons (Fsp3) is 0.261. The molecule has 0 atom stereocenters. The van der Waals surface area contributed by atoms with Gasteiger partial charge in [-0.15, -0.1) is 0 Å². The van der Waals surface area contributed by atoms with E-state index in [-0.39, 0.29) is 5.91 Å². The van der Waals surface area contributed by atoms with Gasteiger partial charge in [-0.3, -0.25) is 4.79 Å². The minimum absolute atomic E-state index is 0.197. The number of benzene rings is 2. The quantitative estimate of drug-likeness (QED) is 0.592. The van der Waals surface area contributed by atoms with E-state index in [1.54, 1.807) is 6.07 Å². The summed E-state index contributed by atoms with van der Waals surface area (Å²) in [7, 11) is 0. The van der Waals surface area contributed by atoms with Crippen LogP contribution in [0.4, 0.5) is 11.6 Å². The second-order valence-corrected chi connectivity index (χ2v) is 7.25. The molecule has 2 N–H and O–H groups in total. The van der Waals surface area contributed by atoms with Gasteiger partial charge in [0.05, 0.1) is 0 Å². The Morgan fingerprint density at radius 3 is 2.45 bits per heavy atom. The predicted molar refractivity (Wildman–Crippen MR) is 114 cm³/mol. The van der Waals surface area contributed by atoms with Gasteiger partial charge in [0.2, 0.25) is 5.95 Å². The van der Waals surface area contributed by atoms with Gasteiger partial charge in [-0.25, -0.2) is 9.97 Å². The summed E-state index contributed by atoms with van der Waals surface area (Å²) < 4.78 is 5.80. The van der Waals surface area contributed by atoms with Gasteiger partial charge >= 0.3 is 0 Å². The number of anilines is 2. The molecule has 6 heteroatoms. The molecule has 0 saturated heterocycles. The maximum absolute atomic E-state index is 12.3. The highest BCUT2D eigenvalue weighted by molar-refractivity contribution is 5.92. The Balaban J connectivity index is 1.62. The Bertz CT molecular complexity index is 941. The maximum Gasteiger partial charge on any atom is 0.270 e. The van der Waals surface area contributed by atoms with Gasteiger partial charge in [0.25, 0.3) is 5.91 Å². The number of ether oxygens (including phenoxy) is 1. The standard InChI is InChI=1S/C23H26N4O2/c1-16(2)14-24-22(28)21-13-17(3)25-23(27-21)26-19-9-11-20(12-10-19)29-15-18-7-5-4-6-8-18/h4-13,16H,14-15H2,1-3H3,(H,24,28)(H,25,26,27). The number of hydrogen-bond acceptors (Lipinski definition) is 5. The average molecular weight is 390 g/mol. The van der Waals surface area contributed by atoms with E-state index in [1.165, 1.54) is 0 Å². The first-order chi connectivity index (χ1) is 14.0. The van der Waals surface area contributed by atoms with Gasteiger partial charge in [-0.2, -0.15) is 0 Å². The number of carbonyl (C=O) groups is 1. The number of nitrogens with one attached hydrogen (secondary N) is 2. The molecule has 0 aliphatic carbocycles. The summed E-state index contributed by atoms with van der Waals surface area (Å²) >= 11 is 0. The van der Waals surface area contributed by atoms with E-state index in [2.05, 4.69) is 20.6 Å². The number of aryl methyl sites for hydroxylation is 1. The van der Waals surface area contributed by atoms with Crippen LogP contribution < -0.4 is 15.4 Å². The molecule has 2 aromatic carbocycles. The molecule has 1 aromatic heterocycles. The van der Waals surface area contributed by atoms with E-state index in [0.717, 1.165) is 22.7 Å². The zero-order valence-electron chi connectivity index (χ0n) is 17.0. The molecule has 0 spiro atoms. The van der Waals surface area contributed by atoms with Crippen molar-refractivity contribution in [1.29, 1.82) is 0 Å². The Morgan fingerprint density at radius 2 is 1.76 bits per heavy atom. The SMILES string of the molecule is Cc1cc(C(=O)NCC(C)C)nc(Nc2ccc(OCc3ccccc3)cc2)n1. The molecule has 150 valence electrons. The van der Waals surface area contributed by atoms with E-state index < -0.39 is 0 Å². The van der Waals surface area contributed by atoms with Gasteiger partial charge in [0, 0.05) is 17.9 Å². The second-order valence-electron chi connectivity index (χ2n) is 7.25. The fourth-order valence-electron chi connectivity index (χ4n) is 2.63. The highest BCUT2D eigenvalue weighted by atomic mass is 16.5. The minimum atomic E-state index is -0.197. The van der Waals surface area contributed by atoms with Crippen LogP contribution in [0.5, 0.6) is 5.75 Å². The smallest absolute Gasteiger partial charge is 0.270 e. The third-order valence-corrected chi connectivity index (χ3v) is 4.12. The van der Waals surface area contributed by atoms with Crippen LogP contribution in [0.3, 0.4) is 0 Å². The van der Waals surface area contributed by atoms with E-state index in [0.29, 0.717) is 30.7 Å². The fourth-order valence-corrected chi connectivity index (χ4v) is 2.63. The molecule has 0 radical (unpaired) electrons. The summed E-state index contributed by atoms with van der Waals surface area (Å²) in [6.45, 7) is 7.06. The Hall–Kier alpha value is -3.41. The largest absolute Gasteiger partial charge is 0.489 e. The van der Waals surface area contributed by atoms with E-state index in [9.17, 15) is 4.79 Å². The van der Waals surface area contributed by atoms with Crippen molar-refractivity contribution in [1.82, 2.24) is 15.3 Å². The molecule has 3 rings (SSSR count). The topological polar surface area (TPSA) is 76.1 Å². The number of nitrogens with zero attached hydrogens (tertiary/aromatic N) is 2. The lowest BCUT2D eigenvalue weighted by Gasteiger charge is -2.11. The van der Waals surface area contributed by atoms with Crippen LogP contribution >= 0.6 is 0 Å². The Labute approximate surface area is 171 Å². The third-order valence-electron chi connectivity index (χ3n) is 4.12. The van der Waals surface area contributed by atoms with Gasteiger partial charge in [-0.05, 0) is 48.7 Å². The molecular formula is C23H26N4O2. The minimum Gasteiger partial charge on any atom is -0.489 e. The molecule has 0 aliphatic heterocycles. The first-order valence-corrected chi connectivity index (χ1v) is 9.67. The van der Waals surface area contributed by atoms with Crippen molar-refractivity contribution < 1.29 is 9.53 Å². The molecule has 29 heavy (non-hydrogen) atoms. The molecule has 1 heterocycles. The Morgan fingerprint density at radius 1 is 1.03 bits per heavy atom. The summed E-state index contributed by atoms with van der Waals surface area (Å²) in [6, 6.07) is 19.3. The molecule has 0 fully saturated rings. The summed E-state index contributed by atoms with van der Waals surface area (Å²) in [5, 5.41) is 6.03. The summed E-state index contributed by atoms with van der Waals surface area (Å²) in [5.74, 6) is 1.34. The number of carbonyl (C=O) groups excluding carboxylic acids is 1. The molecule has 3 aromatic rings. The third kappa shape index (κ3) is 6.31. The van der Waals surface area contributed by atoms with Gasteiger partial charge in [-0.1, -0.05) is 44.2 Å². The van der Waals surface area contributed by atoms with Crippen LogP contribution in [0.2, 0.25) is 0 Å². The summed E-state index contributed by atoms with van der Waals surface area (Å²) in [6.07, 6.45) is 0. The van der Waals surface area contributed by atoms with Crippen molar-refractivity contribution in [3.05, 3.63) is 77.6 Å². The van der Waals surface area contributed by atoms with Crippen LogP contribution in [-0.2, 0) is 6.61 Å². The summed E-state index contributed by atoms with van der Waals surface area (Å²) in [4.78, 5) is 21.0. The van der Waals surface area contributed by atoms with Crippen molar-refractivity contribution in [3.8, 4) is 5.75 Å². The lowest BCUT2D eigenvalue weighted by Crippen LogP contribution is -2.28. The predicted octanol–water partition coefficient (Wildman–Crippen LogP) is 4.49. The number of rotatable bonds is 8. The van der Waals surface area contributed by atoms with Crippen LogP contribution in [0, 0.1) is 12.8 Å². The molecular weight excluding hydrogens is 364 g/mol. The maximum atomic E-state index is 12.3. The molecule has 6 nitrogen and oxygen atoms in total. The first-order valence-electron chi connectivity index (χ1n) is 9.67. The number of aromatic nitrogens is 2. The van der Waals surface area contributed by atoms with Crippen molar-refractivity contribution in [2.24, 2.45) is 5.92 Å². The number of hydrogen-bond donors (Lipinski definition) is 2. The zero-order valence-corrected chi connectivity index (χ0v) is 17.0. The highest BCUT2D eigenvalue weighted by Crippen LogP contribution is 2.19. The lowest BCUT2D eigenvalue weighted by molar-refractivity contribution is 0.0944. The van der Waals surface area contributed by atoms with Crippen LogP contribution in [0.15, 0.2) is 60.7 Å². The van der Waals surface area contributed by atoms with Crippen LogP contribution in [0.1, 0.15) is 35.6 Å². The highest BCUT2D eigenvalue weighted by Gasteiger charge is 2.11. The first kappa shape index (κ1) is 20.3. The molecule has 1 amide bonds. The second kappa shape index (κ2) is 9.68. The number of amides is 1. The molecule has 0 unspecified atom stereocenters.